The zero-order valence-electron chi connectivity index (χ0n) is 10.5. The molecule has 1 aromatic rings. The molecule has 1 nitrogen and oxygen atoms in total. The minimum Gasteiger partial charge on any atom is -0.310 e. The highest BCUT2D eigenvalue weighted by molar-refractivity contribution is 14.1. The summed E-state index contributed by atoms with van der Waals surface area (Å²) in [6.07, 6.45) is 8.37. The Bertz CT molecular complexity index is 331. The second kappa shape index (κ2) is 7.10. The Morgan fingerprint density at radius 2 is 2.24 bits per heavy atom. The molecule has 1 aliphatic carbocycles. The topological polar surface area (TPSA) is 12.0 Å². The van der Waals surface area contributed by atoms with Gasteiger partial charge < -0.3 is 5.32 Å². The van der Waals surface area contributed by atoms with Crippen molar-refractivity contribution >= 4 is 33.9 Å². The molecule has 0 saturated heterocycles. The monoisotopic (exact) mass is 363 g/mol. The van der Waals surface area contributed by atoms with E-state index in [1.54, 1.807) is 0 Å². The van der Waals surface area contributed by atoms with Gasteiger partial charge in [-0.3, -0.25) is 0 Å². The highest BCUT2D eigenvalue weighted by Gasteiger charge is 2.21. The molecule has 1 aliphatic rings. The normalized spacial score (nSPS) is 18.7. The first-order chi connectivity index (χ1) is 8.29. The first-order valence-electron chi connectivity index (χ1n) is 6.77. The number of halogens is 1. The number of thiophene rings is 1. The van der Waals surface area contributed by atoms with Crippen LogP contribution >= 0.6 is 33.9 Å². The van der Waals surface area contributed by atoms with Gasteiger partial charge in [-0.1, -0.05) is 32.6 Å². The summed E-state index contributed by atoms with van der Waals surface area (Å²) < 4.78 is 1.41. The van der Waals surface area contributed by atoms with Crippen LogP contribution in [0, 0.1) is 8.80 Å². The van der Waals surface area contributed by atoms with Gasteiger partial charge in [-0.05, 0) is 64.9 Å². The molecule has 17 heavy (non-hydrogen) atoms. The summed E-state index contributed by atoms with van der Waals surface area (Å²) in [6.45, 7) is 3.39. The van der Waals surface area contributed by atoms with Crippen molar-refractivity contribution in [1.82, 2.24) is 5.32 Å². The fourth-order valence-corrected chi connectivity index (χ4v) is 4.17. The predicted molar refractivity (Wildman–Crippen MR) is 84.6 cm³/mol. The minimum absolute atomic E-state index is 0.595. The van der Waals surface area contributed by atoms with Crippen LogP contribution in [0.5, 0.6) is 0 Å². The van der Waals surface area contributed by atoms with Gasteiger partial charge in [0.05, 0.1) is 2.88 Å². The standard InChI is InChI=1S/C14H22INS/c1-2-7-16-13(8-11-5-3-4-6-11)12-9-14(15)17-10-12/h9-11,13,16H,2-8H2,1H3. The van der Waals surface area contributed by atoms with Gasteiger partial charge in [0, 0.05) is 6.04 Å². The Hall–Kier alpha value is 0.390. The molecule has 1 unspecified atom stereocenters. The lowest BCUT2D eigenvalue weighted by Crippen LogP contribution is -2.23. The average molecular weight is 363 g/mol. The maximum atomic E-state index is 3.73. The van der Waals surface area contributed by atoms with Crippen LogP contribution in [0.25, 0.3) is 0 Å². The van der Waals surface area contributed by atoms with E-state index in [-0.39, 0.29) is 0 Å². The zero-order valence-corrected chi connectivity index (χ0v) is 13.5. The van der Waals surface area contributed by atoms with Gasteiger partial charge in [-0.25, -0.2) is 0 Å². The van der Waals surface area contributed by atoms with Gasteiger partial charge in [-0.2, -0.15) is 0 Å². The van der Waals surface area contributed by atoms with E-state index in [1.165, 1.54) is 47.0 Å². The molecule has 96 valence electrons. The van der Waals surface area contributed by atoms with Crippen LogP contribution in [0.3, 0.4) is 0 Å². The fraction of sp³-hybridized carbons (Fsp3) is 0.714. The predicted octanol–water partition coefficient (Wildman–Crippen LogP) is 4.97. The molecule has 1 atom stereocenters. The molecule has 0 radical (unpaired) electrons. The maximum absolute atomic E-state index is 3.73. The smallest absolute Gasteiger partial charge is 0.0656 e. The maximum Gasteiger partial charge on any atom is 0.0656 e. The van der Waals surface area contributed by atoms with Crippen LogP contribution in [0.1, 0.15) is 57.1 Å². The van der Waals surface area contributed by atoms with E-state index < -0.39 is 0 Å². The van der Waals surface area contributed by atoms with Crippen LogP contribution in [0.2, 0.25) is 0 Å². The van der Waals surface area contributed by atoms with Crippen molar-refractivity contribution in [3.8, 4) is 0 Å². The molecular weight excluding hydrogens is 341 g/mol. The average Bonchev–Trinajstić information content (AvgIpc) is 2.95. The molecular formula is C14H22INS. The van der Waals surface area contributed by atoms with Gasteiger partial charge in [-0.15, -0.1) is 11.3 Å². The van der Waals surface area contributed by atoms with E-state index in [0.717, 1.165) is 12.5 Å². The molecule has 3 heteroatoms. The second-order valence-electron chi connectivity index (χ2n) is 5.08. The molecule has 1 heterocycles. The van der Waals surface area contributed by atoms with E-state index in [0.29, 0.717) is 6.04 Å². The van der Waals surface area contributed by atoms with Crippen molar-refractivity contribution in [2.75, 3.05) is 6.54 Å². The molecule has 0 aromatic carbocycles. The highest BCUT2D eigenvalue weighted by Crippen LogP contribution is 2.34. The number of rotatable bonds is 6. The molecule has 0 aliphatic heterocycles. The largest absolute Gasteiger partial charge is 0.310 e. The lowest BCUT2D eigenvalue weighted by atomic mass is 9.95. The summed E-state index contributed by atoms with van der Waals surface area (Å²) in [5, 5.41) is 6.07. The Labute approximate surface area is 123 Å². The van der Waals surface area contributed by atoms with Crippen LogP contribution in [-0.4, -0.2) is 6.54 Å². The minimum atomic E-state index is 0.595. The van der Waals surface area contributed by atoms with Gasteiger partial charge in [0.25, 0.3) is 0 Å². The summed E-state index contributed by atoms with van der Waals surface area (Å²) >= 11 is 4.30. The van der Waals surface area contributed by atoms with Gasteiger partial charge in [0.2, 0.25) is 0 Å². The Balaban J connectivity index is 1.96. The van der Waals surface area contributed by atoms with E-state index in [4.69, 9.17) is 0 Å². The molecule has 0 amide bonds. The van der Waals surface area contributed by atoms with Gasteiger partial charge in [0.15, 0.2) is 0 Å². The lowest BCUT2D eigenvalue weighted by Gasteiger charge is -2.21. The first-order valence-corrected chi connectivity index (χ1v) is 8.72. The molecule has 0 spiro atoms. The molecule has 1 aromatic heterocycles. The van der Waals surface area contributed by atoms with Crippen molar-refractivity contribution < 1.29 is 0 Å². The number of hydrogen-bond acceptors (Lipinski definition) is 2. The van der Waals surface area contributed by atoms with Crippen molar-refractivity contribution in [2.45, 2.75) is 51.5 Å². The van der Waals surface area contributed by atoms with Crippen molar-refractivity contribution in [3.05, 3.63) is 19.9 Å². The Kier molecular flexibility index (Phi) is 5.77. The summed E-state index contributed by atoms with van der Waals surface area (Å²) in [6, 6.07) is 2.95. The third-order valence-corrected chi connectivity index (χ3v) is 5.48. The van der Waals surface area contributed by atoms with E-state index in [1.807, 2.05) is 11.3 Å². The molecule has 1 saturated carbocycles. The van der Waals surface area contributed by atoms with Crippen LogP contribution < -0.4 is 5.32 Å². The quantitative estimate of drug-likeness (QED) is 0.704. The molecule has 2 rings (SSSR count). The molecule has 0 bridgehead atoms. The number of nitrogens with one attached hydrogen (secondary N) is 1. The SMILES string of the molecule is CCCNC(CC1CCCC1)c1csc(I)c1. The Morgan fingerprint density at radius 1 is 1.47 bits per heavy atom. The van der Waals surface area contributed by atoms with Crippen molar-refractivity contribution in [1.29, 1.82) is 0 Å². The van der Waals surface area contributed by atoms with Crippen LogP contribution in [-0.2, 0) is 0 Å². The number of hydrogen-bond donors (Lipinski definition) is 1. The highest BCUT2D eigenvalue weighted by atomic mass is 127. The molecule has 1 fully saturated rings. The third-order valence-electron chi connectivity index (χ3n) is 3.67. The summed E-state index contributed by atoms with van der Waals surface area (Å²) in [5.74, 6) is 0.960. The zero-order chi connectivity index (χ0) is 12.1. The van der Waals surface area contributed by atoms with E-state index >= 15 is 0 Å². The van der Waals surface area contributed by atoms with Gasteiger partial charge >= 0.3 is 0 Å². The third kappa shape index (κ3) is 4.21. The van der Waals surface area contributed by atoms with Crippen molar-refractivity contribution in [3.63, 3.8) is 0 Å². The molecule has 1 N–H and O–H groups in total. The van der Waals surface area contributed by atoms with E-state index in [2.05, 4.69) is 46.3 Å². The second-order valence-corrected chi connectivity index (χ2v) is 7.88. The lowest BCUT2D eigenvalue weighted by molar-refractivity contribution is 0.396. The fourth-order valence-electron chi connectivity index (χ4n) is 2.74. The van der Waals surface area contributed by atoms with Gasteiger partial charge in [0.1, 0.15) is 0 Å². The first kappa shape index (κ1) is 13.8. The summed E-state index contributed by atoms with van der Waals surface area (Å²) in [7, 11) is 0. The van der Waals surface area contributed by atoms with Crippen LogP contribution in [0.15, 0.2) is 11.4 Å². The summed E-state index contributed by atoms with van der Waals surface area (Å²) in [4.78, 5) is 0. The Morgan fingerprint density at radius 3 is 2.82 bits per heavy atom. The summed E-state index contributed by atoms with van der Waals surface area (Å²) in [5.41, 5.74) is 1.51. The van der Waals surface area contributed by atoms with Crippen molar-refractivity contribution in [2.24, 2.45) is 5.92 Å². The van der Waals surface area contributed by atoms with Crippen LogP contribution in [0.4, 0.5) is 0 Å². The van der Waals surface area contributed by atoms with E-state index in [9.17, 15) is 0 Å².